The minimum absolute atomic E-state index is 0.0180. The van der Waals surface area contributed by atoms with E-state index in [0.29, 0.717) is 18.5 Å². The van der Waals surface area contributed by atoms with Crippen molar-refractivity contribution in [3.63, 3.8) is 0 Å². The third-order valence-electron chi connectivity index (χ3n) is 6.14. The van der Waals surface area contributed by atoms with Crippen LogP contribution in [0.5, 0.6) is 0 Å². The summed E-state index contributed by atoms with van der Waals surface area (Å²) >= 11 is 0. The molecule has 1 saturated heterocycles. The van der Waals surface area contributed by atoms with Gasteiger partial charge in [0.1, 0.15) is 5.65 Å². The Morgan fingerprint density at radius 2 is 1.97 bits per heavy atom. The fourth-order valence-electron chi connectivity index (χ4n) is 4.29. The number of benzene rings is 1. The summed E-state index contributed by atoms with van der Waals surface area (Å²) in [4.78, 5) is 27.7. The first-order chi connectivity index (χ1) is 15.3. The van der Waals surface area contributed by atoms with Gasteiger partial charge in [-0.25, -0.2) is 18.2 Å². The standard InChI is InChI=1S/C21H21N5O5S/c27-19(15-3-6-18-22-7-8-25(18)11-15)23-10-14-1-4-17(5-2-14)32(30,31)26-12-16-9-21(16,13-26)24-20(28)29/h1-8,11,16,24H,9-10,12-13H2,(H,23,27)(H,28,29)/t16-,21-/m1/s1. The van der Waals surface area contributed by atoms with E-state index < -0.39 is 21.7 Å². The van der Waals surface area contributed by atoms with Gasteiger partial charge in [-0.15, -0.1) is 0 Å². The Hall–Kier alpha value is -3.44. The molecule has 0 bridgehead atoms. The maximum atomic E-state index is 12.9. The minimum Gasteiger partial charge on any atom is -0.465 e. The molecule has 1 saturated carbocycles. The van der Waals surface area contributed by atoms with Gasteiger partial charge in [0.15, 0.2) is 0 Å². The number of piperidine rings is 1. The molecule has 2 fully saturated rings. The molecule has 2 atom stereocenters. The fourth-order valence-corrected chi connectivity index (χ4v) is 5.85. The Labute approximate surface area is 183 Å². The van der Waals surface area contributed by atoms with Crippen molar-refractivity contribution in [2.24, 2.45) is 5.92 Å². The van der Waals surface area contributed by atoms with Crippen molar-refractivity contribution in [2.75, 3.05) is 13.1 Å². The first-order valence-electron chi connectivity index (χ1n) is 10.1. The summed E-state index contributed by atoms with van der Waals surface area (Å²) in [6.07, 6.45) is 4.63. The molecule has 166 valence electrons. The van der Waals surface area contributed by atoms with Gasteiger partial charge >= 0.3 is 6.09 Å². The number of nitrogens with zero attached hydrogens (tertiary/aromatic N) is 3. The highest BCUT2D eigenvalue weighted by atomic mass is 32.2. The Morgan fingerprint density at radius 3 is 2.72 bits per heavy atom. The molecule has 10 nitrogen and oxygen atoms in total. The molecule has 1 aliphatic carbocycles. The highest BCUT2D eigenvalue weighted by Crippen LogP contribution is 2.50. The van der Waals surface area contributed by atoms with Crippen LogP contribution in [0.1, 0.15) is 22.3 Å². The minimum atomic E-state index is -3.72. The number of fused-ring (bicyclic) bond motifs is 2. The Morgan fingerprint density at radius 1 is 1.19 bits per heavy atom. The smallest absolute Gasteiger partial charge is 0.405 e. The number of pyridine rings is 1. The third-order valence-corrected chi connectivity index (χ3v) is 7.96. The monoisotopic (exact) mass is 455 g/mol. The van der Waals surface area contributed by atoms with Gasteiger partial charge in [0.2, 0.25) is 10.0 Å². The molecule has 0 spiro atoms. The first-order valence-corrected chi connectivity index (χ1v) is 11.5. The van der Waals surface area contributed by atoms with Crippen LogP contribution in [-0.4, -0.2) is 57.8 Å². The van der Waals surface area contributed by atoms with Crippen molar-refractivity contribution < 1.29 is 23.1 Å². The molecule has 32 heavy (non-hydrogen) atoms. The van der Waals surface area contributed by atoms with Gasteiger partial charge in [-0.05, 0) is 42.2 Å². The van der Waals surface area contributed by atoms with Crippen LogP contribution in [0.15, 0.2) is 59.9 Å². The zero-order valence-electron chi connectivity index (χ0n) is 16.9. The summed E-state index contributed by atoms with van der Waals surface area (Å²) < 4.78 is 29.0. The van der Waals surface area contributed by atoms with Crippen molar-refractivity contribution in [3.8, 4) is 0 Å². The van der Waals surface area contributed by atoms with E-state index in [2.05, 4.69) is 15.6 Å². The number of imidazole rings is 1. The van der Waals surface area contributed by atoms with E-state index >= 15 is 0 Å². The van der Waals surface area contributed by atoms with Gasteiger partial charge in [0, 0.05) is 38.2 Å². The Balaban J connectivity index is 1.22. The fraction of sp³-hybridized carbons (Fsp3) is 0.286. The molecular weight excluding hydrogens is 434 g/mol. The van der Waals surface area contributed by atoms with Crippen molar-refractivity contribution in [2.45, 2.75) is 23.4 Å². The van der Waals surface area contributed by atoms with Crippen LogP contribution >= 0.6 is 0 Å². The highest BCUT2D eigenvalue weighted by molar-refractivity contribution is 7.89. The average Bonchev–Trinajstić information content (AvgIpc) is 3.10. The van der Waals surface area contributed by atoms with Crippen molar-refractivity contribution in [1.82, 2.24) is 24.3 Å². The topological polar surface area (TPSA) is 133 Å². The van der Waals surface area contributed by atoms with Crippen LogP contribution in [0, 0.1) is 5.92 Å². The number of rotatable bonds is 6. The van der Waals surface area contributed by atoms with Gasteiger partial charge < -0.3 is 20.1 Å². The summed E-state index contributed by atoms with van der Waals surface area (Å²) in [5.74, 6) is -0.228. The number of carbonyl (C=O) groups excluding carboxylic acids is 1. The van der Waals surface area contributed by atoms with E-state index in [0.717, 1.165) is 11.2 Å². The highest BCUT2D eigenvalue weighted by Gasteiger charge is 2.63. The molecule has 5 rings (SSSR count). The van der Waals surface area contributed by atoms with Gasteiger partial charge in [0.05, 0.1) is 16.0 Å². The largest absolute Gasteiger partial charge is 0.465 e. The van der Waals surface area contributed by atoms with Gasteiger partial charge in [-0.1, -0.05) is 12.1 Å². The van der Waals surface area contributed by atoms with Gasteiger partial charge in [-0.3, -0.25) is 4.79 Å². The summed E-state index contributed by atoms with van der Waals surface area (Å²) in [7, 11) is -3.72. The second-order valence-corrected chi connectivity index (χ2v) is 10.2. The van der Waals surface area contributed by atoms with E-state index in [1.54, 1.807) is 47.3 Å². The molecule has 3 heterocycles. The van der Waals surface area contributed by atoms with Crippen LogP contribution in [0.3, 0.4) is 0 Å². The normalized spacial score (nSPS) is 22.4. The van der Waals surface area contributed by atoms with Crippen LogP contribution < -0.4 is 10.6 Å². The van der Waals surface area contributed by atoms with Crippen molar-refractivity contribution in [3.05, 3.63) is 66.1 Å². The second-order valence-electron chi connectivity index (χ2n) is 8.22. The maximum absolute atomic E-state index is 12.9. The molecule has 1 aromatic carbocycles. The van der Waals surface area contributed by atoms with Crippen LogP contribution in [0.4, 0.5) is 4.79 Å². The number of nitrogens with one attached hydrogen (secondary N) is 2. The lowest BCUT2D eigenvalue weighted by Gasteiger charge is -2.20. The van der Waals surface area contributed by atoms with Gasteiger partial charge in [0.25, 0.3) is 5.91 Å². The SMILES string of the molecule is O=C(O)N[C@@]12C[C@@H]1CN(S(=O)(=O)c1ccc(CNC(=O)c3ccc4nccn4c3)cc1)C2. The summed E-state index contributed by atoms with van der Waals surface area (Å²) in [6.45, 7) is 0.700. The van der Waals surface area contributed by atoms with E-state index in [4.69, 9.17) is 5.11 Å². The van der Waals surface area contributed by atoms with E-state index in [1.165, 1.54) is 16.4 Å². The van der Waals surface area contributed by atoms with E-state index in [1.807, 2.05) is 0 Å². The zero-order chi connectivity index (χ0) is 22.5. The summed E-state index contributed by atoms with van der Waals surface area (Å²) in [5.41, 5.74) is 1.35. The van der Waals surface area contributed by atoms with E-state index in [9.17, 15) is 18.0 Å². The van der Waals surface area contributed by atoms with E-state index in [-0.39, 0.29) is 29.8 Å². The van der Waals surface area contributed by atoms with Crippen molar-refractivity contribution >= 4 is 27.7 Å². The zero-order valence-corrected chi connectivity index (χ0v) is 17.7. The van der Waals surface area contributed by atoms with Crippen LogP contribution in [-0.2, 0) is 16.6 Å². The summed E-state index contributed by atoms with van der Waals surface area (Å²) in [6, 6.07) is 9.79. The molecule has 1 aliphatic heterocycles. The molecular formula is C21H21N5O5S. The maximum Gasteiger partial charge on any atom is 0.405 e. The summed E-state index contributed by atoms with van der Waals surface area (Å²) in [5, 5.41) is 14.3. The number of carboxylic acid groups (broad SMARTS) is 1. The molecule has 0 radical (unpaired) electrons. The molecule has 3 aromatic rings. The van der Waals surface area contributed by atoms with Crippen molar-refractivity contribution in [1.29, 1.82) is 0 Å². The lowest BCUT2D eigenvalue weighted by atomic mass is 10.2. The number of aromatic nitrogens is 2. The number of amides is 2. The predicted octanol–water partition coefficient (Wildman–Crippen LogP) is 1.29. The molecule has 2 amide bonds. The third kappa shape index (κ3) is 3.59. The molecule has 0 unspecified atom stereocenters. The Kier molecular flexibility index (Phi) is 4.68. The second kappa shape index (κ2) is 7.31. The molecule has 2 aromatic heterocycles. The number of hydrogen-bond acceptors (Lipinski definition) is 5. The number of carbonyl (C=O) groups is 2. The quantitative estimate of drug-likeness (QED) is 0.513. The lowest BCUT2D eigenvalue weighted by molar-refractivity contribution is 0.0950. The molecule has 3 N–H and O–H groups in total. The predicted molar refractivity (Wildman–Crippen MR) is 114 cm³/mol. The number of hydrogen-bond donors (Lipinski definition) is 3. The average molecular weight is 455 g/mol. The molecule has 2 aliphatic rings. The Bertz CT molecular complexity index is 1320. The number of sulfonamides is 1. The molecule has 11 heteroatoms. The lowest BCUT2D eigenvalue weighted by Crippen LogP contribution is -2.42. The first kappa shape index (κ1) is 20.5. The van der Waals surface area contributed by atoms with Crippen LogP contribution in [0.2, 0.25) is 0 Å². The van der Waals surface area contributed by atoms with Crippen LogP contribution in [0.25, 0.3) is 5.65 Å². The van der Waals surface area contributed by atoms with Gasteiger partial charge in [-0.2, -0.15) is 4.31 Å².